The van der Waals surface area contributed by atoms with Crippen molar-refractivity contribution in [3.8, 4) is 11.5 Å². The average molecular weight is 436 g/mol. The Hall–Kier alpha value is -1.83. The van der Waals surface area contributed by atoms with Crippen molar-refractivity contribution in [3.05, 3.63) is 63.0 Å². The van der Waals surface area contributed by atoms with Crippen molar-refractivity contribution in [2.24, 2.45) is 0 Å². The van der Waals surface area contributed by atoms with Gasteiger partial charge in [-0.15, -0.1) is 0 Å². The molecule has 1 N–H and O–H groups in total. The van der Waals surface area contributed by atoms with Gasteiger partial charge in [-0.05, 0) is 29.8 Å². The lowest BCUT2D eigenvalue weighted by Crippen LogP contribution is -2.17. The van der Waals surface area contributed by atoms with Gasteiger partial charge in [0.2, 0.25) is 0 Å². The van der Waals surface area contributed by atoms with Gasteiger partial charge in [-0.2, -0.15) is 0 Å². The van der Waals surface area contributed by atoms with Gasteiger partial charge >= 0.3 is 0 Å². The number of nitrogens with one attached hydrogen (secondary N) is 1. The van der Waals surface area contributed by atoms with Gasteiger partial charge in [0.25, 0.3) is 5.91 Å². The molecule has 3 rings (SSSR count). The summed E-state index contributed by atoms with van der Waals surface area (Å²) in [6.07, 6.45) is 1.76. The summed E-state index contributed by atoms with van der Waals surface area (Å²) in [5.41, 5.74) is 1.79. The molecule has 0 aliphatic carbocycles. The van der Waals surface area contributed by atoms with Crippen molar-refractivity contribution in [1.29, 1.82) is 0 Å². The van der Waals surface area contributed by atoms with E-state index in [-0.39, 0.29) is 5.91 Å². The van der Waals surface area contributed by atoms with E-state index in [0.717, 1.165) is 15.6 Å². The zero-order chi connectivity index (χ0) is 17.8. The first-order chi connectivity index (χ1) is 12.1. The maximum absolute atomic E-state index is 11.9. The number of carbonyl (C=O) groups excluding carboxylic acids is 1. The summed E-state index contributed by atoms with van der Waals surface area (Å²) in [7, 11) is 1.59. The minimum atomic E-state index is -0.198. The van der Waals surface area contributed by atoms with Crippen LogP contribution in [0.3, 0.4) is 0 Å². The Kier molecular flexibility index (Phi) is 5.78. The summed E-state index contributed by atoms with van der Waals surface area (Å²) in [5, 5.41) is 2.61. The quantitative estimate of drug-likeness (QED) is 0.552. The molecule has 0 saturated carbocycles. The number of amides is 1. The van der Waals surface area contributed by atoms with Crippen LogP contribution in [0.1, 0.15) is 11.1 Å². The van der Waals surface area contributed by atoms with E-state index in [0.29, 0.717) is 27.3 Å². The van der Waals surface area contributed by atoms with E-state index in [2.05, 4.69) is 21.2 Å². The van der Waals surface area contributed by atoms with E-state index in [1.54, 1.807) is 13.2 Å². The number of ether oxygens (including phenoxy) is 2. The van der Waals surface area contributed by atoms with E-state index >= 15 is 0 Å². The van der Waals surface area contributed by atoms with Crippen LogP contribution in [-0.2, 0) is 11.4 Å². The zero-order valence-electron chi connectivity index (χ0n) is 13.2. The maximum Gasteiger partial charge on any atom is 0.263 e. The van der Waals surface area contributed by atoms with Crippen molar-refractivity contribution in [1.82, 2.24) is 5.32 Å². The minimum absolute atomic E-state index is 0.198. The van der Waals surface area contributed by atoms with E-state index < -0.39 is 0 Å². The lowest BCUT2D eigenvalue weighted by molar-refractivity contribution is -0.115. The van der Waals surface area contributed by atoms with Gasteiger partial charge in [0.15, 0.2) is 11.5 Å². The Balaban J connectivity index is 1.89. The molecule has 7 heteroatoms. The molecule has 2 aromatic carbocycles. The maximum atomic E-state index is 11.9. The number of halogens is 1. The Labute approximate surface area is 163 Å². The minimum Gasteiger partial charge on any atom is -0.493 e. The first-order valence-electron chi connectivity index (χ1n) is 7.36. The third kappa shape index (κ3) is 4.42. The summed E-state index contributed by atoms with van der Waals surface area (Å²) >= 11 is 9.68. The van der Waals surface area contributed by atoms with Crippen LogP contribution >= 0.6 is 39.9 Å². The number of hydrogen-bond acceptors (Lipinski definition) is 5. The van der Waals surface area contributed by atoms with Crippen LogP contribution in [0.4, 0.5) is 0 Å². The molecule has 0 radical (unpaired) electrons. The topological polar surface area (TPSA) is 47.6 Å². The third-order valence-electron chi connectivity index (χ3n) is 3.45. The molecule has 4 nitrogen and oxygen atoms in total. The highest BCUT2D eigenvalue weighted by Gasteiger charge is 2.23. The van der Waals surface area contributed by atoms with Gasteiger partial charge in [0.1, 0.15) is 10.9 Å². The predicted octanol–water partition coefficient (Wildman–Crippen LogP) is 4.53. The van der Waals surface area contributed by atoms with E-state index in [1.165, 1.54) is 11.8 Å². The number of rotatable bonds is 5. The molecular formula is C18H14BrNO3S2. The predicted molar refractivity (Wildman–Crippen MR) is 108 cm³/mol. The fraction of sp³-hybridized carbons (Fsp3) is 0.111. The smallest absolute Gasteiger partial charge is 0.263 e. The molecule has 0 unspecified atom stereocenters. The molecular weight excluding hydrogens is 422 g/mol. The van der Waals surface area contributed by atoms with E-state index in [4.69, 9.17) is 21.7 Å². The summed E-state index contributed by atoms with van der Waals surface area (Å²) in [6.45, 7) is 0.390. The monoisotopic (exact) mass is 435 g/mol. The van der Waals surface area contributed by atoms with Crippen LogP contribution in [0, 0.1) is 0 Å². The Morgan fingerprint density at radius 2 is 2.00 bits per heavy atom. The highest BCUT2D eigenvalue weighted by molar-refractivity contribution is 9.10. The number of thioether (sulfide) groups is 1. The molecule has 1 heterocycles. The highest BCUT2D eigenvalue weighted by Crippen LogP contribution is 2.35. The van der Waals surface area contributed by atoms with Crippen molar-refractivity contribution in [2.75, 3.05) is 7.11 Å². The Bertz CT molecular complexity index is 850. The number of methoxy groups -OCH3 is 1. The molecule has 1 aliphatic heterocycles. The molecule has 0 aromatic heterocycles. The van der Waals surface area contributed by atoms with Crippen molar-refractivity contribution < 1.29 is 14.3 Å². The van der Waals surface area contributed by atoms with Gasteiger partial charge in [0, 0.05) is 10.0 Å². The second-order valence-corrected chi connectivity index (χ2v) is 7.78. The van der Waals surface area contributed by atoms with Crippen LogP contribution in [0.5, 0.6) is 11.5 Å². The summed E-state index contributed by atoms with van der Waals surface area (Å²) in [5.74, 6) is 1.00. The number of carbonyl (C=O) groups is 1. The molecule has 0 atom stereocenters. The van der Waals surface area contributed by atoms with Crippen LogP contribution in [0.15, 0.2) is 51.8 Å². The SMILES string of the molecule is COc1cccc(/C=C2\SC(=S)NC2=O)c1OCc1ccc(Br)cc1. The molecule has 1 fully saturated rings. The van der Waals surface area contributed by atoms with Gasteiger partial charge in [-0.25, -0.2) is 0 Å². The molecule has 25 heavy (non-hydrogen) atoms. The molecule has 0 spiro atoms. The van der Waals surface area contributed by atoms with Crippen LogP contribution in [0.2, 0.25) is 0 Å². The summed E-state index contributed by atoms with van der Waals surface area (Å²) in [4.78, 5) is 12.4. The number of thiocarbonyl (C=S) groups is 1. The van der Waals surface area contributed by atoms with Gasteiger partial charge in [-0.1, -0.05) is 64.2 Å². The first-order valence-corrected chi connectivity index (χ1v) is 9.37. The second kappa shape index (κ2) is 8.03. The van der Waals surface area contributed by atoms with Crippen molar-refractivity contribution in [3.63, 3.8) is 0 Å². The Morgan fingerprint density at radius 1 is 1.24 bits per heavy atom. The lowest BCUT2D eigenvalue weighted by atomic mass is 10.1. The van der Waals surface area contributed by atoms with Crippen LogP contribution in [-0.4, -0.2) is 17.3 Å². The standard InChI is InChI=1S/C18H14BrNO3S2/c1-22-14-4-2-3-12(9-15-17(21)20-18(24)25-15)16(14)23-10-11-5-7-13(19)8-6-11/h2-9H,10H2,1H3,(H,20,21,24)/b15-9-. The second-order valence-electron chi connectivity index (χ2n) is 5.15. The van der Waals surface area contributed by atoms with Gasteiger partial charge < -0.3 is 14.8 Å². The molecule has 1 amide bonds. The Morgan fingerprint density at radius 3 is 2.64 bits per heavy atom. The molecule has 128 valence electrons. The molecule has 2 aromatic rings. The third-order valence-corrected chi connectivity index (χ3v) is 5.15. The van der Waals surface area contributed by atoms with E-state index in [1.807, 2.05) is 42.5 Å². The van der Waals surface area contributed by atoms with Crippen molar-refractivity contribution >= 4 is 56.2 Å². The number of benzene rings is 2. The molecule has 0 bridgehead atoms. The van der Waals surface area contributed by atoms with Crippen LogP contribution < -0.4 is 14.8 Å². The lowest BCUT2D eigenvalue weighted by Gasteiger charge is -2.14. The average Bonchev–Trinajstić information content (AvgIpc) is 2.92. The van der Waals surface area contributed by atoms with Gasteiger partial charge in [-0.3, -0.25) is 4.79 Å². The first kappa shape index (κ1) is 18.0. The fourth-order valence-corrected chi connectivity index (χ4v) is 3.56. The van der Waals surface area contributed by atoms with E-state index in [9.17, 15) is 4.79 Å². The molecule has 1 saturated heterocycles. The number of para-hydroxylation sites is 1. The zero-order valence-corrected chi connectivity index (χ0v) is 16.5. The normalized spacial score (nSPS) is 15.4. The number of hydrogen-bond donors (Lipinski definition) is 1. The molecule has 1 aliphatic rings. The largest absolute Gasteiger partial charge is 0.493 e. The summed E-state index contributed by atoms with van der Waals surface area (Å²) < 4.78 is 12.9. The van der Waals surface area contributed by atoms with Crippen molar-refractivity contribution in [2.45, 2.75) is 6.61 Å². The van der Waals surface area contributed by atoms with Gasteiger partial charge in [0.05, 0.1) is 12.0 Å². The van der Waals surface area contributed by atoms with Crippen LogP contribution in [0.25, 0.3) is 6.08 Å². The summed E-state index contributed by atoms with van der Waals surface area (Å²) in [6, 6.07) is 13.4. The highest BCUT2D eigenvalue weighted by atomic mass is 79.9. The fourth-order valence-electron chi connectivity index (χ4n) is 2.26.